The maximum Gasteiger partial charge on any atom is 0.0717 e. The van der Waals surface area contributed by atoms with Crippen molar-refractivity contribution >= 4 is 0 Å². The largest absolute Gasteiger partial charge is 0.376 e. The molecule has 1 aliphatic rings. The van der Waals surface area contributed by atoms with E-state index in [1.54, 1.807) is 0 Å². The van der Waals surface area contributed by atoms with Crippen molar-refractivity contribution in [3.8, 4) is 0 Å². The molecule has 2 aromatic rings. The van der Waals surface area contributed by atoms with Gasteiger partial charge in [-0.2, -0.15) is 0 Å². The Balaban J connectivity index is 1.62. The van der Waals surface area contributed by atoms with Crippen LogP contribution in [0.25, 0.3) is 0 Å². The predicted octanol–water partition coefficient (Wildman–Crippen LogP) is 6.19. The van der Waals surface area contributed by atoms with Crippen molar-refractivity contribution < 1.29 is 9.47 Å². The van der Waals surface area contributed by atoms with Gasteiger partial charge in [-0.1, -0.05) is 72.8 Å². The molecule has 2 nitrogen and oxygen atoms in total. The molecule has 1 fully saturated rings. The molecule has 1 aliphatic carbocycles. The Morgan fingerprint density at radius 2 is 1.36 bits per heavy atom. The maximum absolute atomic E-state index is 6.19. The number of benzene rings is 2. The van der Waals surface area contributed by atoms with Crippen LogP contribution in [-0.4, -0.2) is 13.2 Å². The number of hydrogen-bond donors (Lipinski definition) is 0. The van der Waals surface area contributed by atoms with Crippen LogP contribution in [0.15, 0.2) is 86.0 Å². The van der Waals surface area contributed by atoms with Crippen molar-refractivity contribution in [2.24, 2.45) is 17.3 Å². The first-order valence-electron chi connectivity index (χ1n) is 10.2. The minimum Gasteiger partial charge on any atom is -0.376 e. The minimum absolute atomic E-state index is 0.0378. The molecule has 0 aliphatic heterocycles. The molecule has 2 atom stereocenters. The number of rotatable bonds is 11. The van der Waals surface area contributed by atoms with Crippen molar-refractivity contribution in [1.82, 2.24) is 0 Å². The topological polar surface area (TPSA) is 18.5 Å². The molecule has 0 heterocycles. The lowest BCUT2D eigenvalue weighted by Crippen LogP contribution is -2.30. The van der Waals surface area contributed by atoms with Gasteiger partial charge in [0.1, 0.15) is 0 Å². The second kappa shape index (κ2) is 10.4. The van der Waals surface area contributed by atoms with Gasteiger partial charge in [0, 0.05) is 5.41 Å². The first-order valence-corrected chi connectivity index (χ1v) is 10.2. The van der Waals surface area contributed by atoms with Crippen LogP contribution in [0, 0.1) is 17.3 Å². The minimum atomic E-state index is 0.0378. The van der Waals surface area contributed by atoms with Crippen molar-refractivity contribution in [2.45, 2.75) is 32.5 Å². The third-order valence-corrected chi connectivity index (χ3v) is 5.78. The molecular weight excluding hydrogens is 344 g/mol. The van der Waals surface area contributed by atoms with Crippen LogP contribution in [0.2, 0.25) is 0 Å². The van der Waals surface area contributed by atoms with Gasteiger partial charge < -0.3 is 9.47 Å². The third kappa shape index (κ3) is 5.67. The molecule has 0 unspecified atom stereocenters. The Kier molecular flexibility index (Phi) is 7.64. The van der Waals surface area contributed by atoms with Gasteiger partial charge in [-0.3, -0.25) is 0 Å². The molecule has 0 spiro atoms. The number of hydrogen-bond acceptors (Lipinski definition) is 2. The second-order valence-corrected chi connectivity index (χ2v) is 8.05. The fourth-order valence-corrected chi connectivity index (χ4v) is 4.40. The van der Waals surface area contributed by atoms with E-state index in [4.69, 9.17) is 9.47 Å². The van der Waals surface area contributed by atoms with E-state index in [0.29, 0.717) is 38.3 Å². The highest BCUT2D eigenvalue weighted by molar-refractivity contribution is 5.14. The highest BCUT2D eigenvalue weighted by atomic mass is 16.5. The predicted molar refractivity (Wildman–Crippen MR) is 116 cm³/mol. The van der Waals surface area contributed by atoms with Crippen molar-refractivity contribution in [2.75, 3.05) is 13.2 Å². The lowest BCUT2D eigenvalue weighted by Gasteiger charge is -2.29. The zero-order valence-corrected chi connectivity index (χ0v) is 16.8. The van der Waals surface area contributed by atoms with Crippen molar-refractivity contribution in [3.63, 3.8) is 0 Å². The quantitative estimate of drug-likeness (QED) is 0.435. The fraction of sp³-hybridized carbons (Fsp3) is 0.385. The summed E-state index contributed by atoms with van der Waals surface area (Å²) in [7, 11) is 0. The summed E-state index contributed by atoms with van der Waals surface area (Å²) in [5.74, 6) is 1.08. The monoisotopic (exact) mass is 376 g/mol. The summed E-state index contributed by atoms with van der Waals surface area (Å²) in [5.41, 5.74) is 2.46. The first-order chi connectivity index (χ1) is 13.7. The Hall–Kier alpha value is -2.16. The fourth-order valence-electron chi connectivity index (χ4n) is 4.40. The summed E-state index contributed by atoms with van der Waals surface area (Å²) in [6.45, 7) is 10.8. The van der Waals surface area contributed by atoms with E-state index in [2.05, 4.69) is 67.8 Å². The molecule has 0 aromatic heterocycles. The lowest BCUT2D eigenvalue weighted by atomic mass is 9.86. The molecule has 3 rings (SSSR count). The van der Waals surface area contributed by atoms with E-state index < -0.39 is 0 Å². The van der Waals surface area contributed by atoms with Crippen molar-refractivity contribution in [1.29, 1.82) is 0 Å². The molecular formula is C26H32O2. The molecule has 2 heteroatoms. The molecule has 0 radical (unpaired) electrons. The summed E-state index contributed by atoms with van der Waals surface area (Å²) in [4.78, 5) is 0. The molecule has 0 amide bonds. The van der Waals surface area contributed by atoms with Gasteiger partial charge in [-0.05, 0) is 42.2 Å². The summed E-state index contributed by atoms with van der Waals surface area (Å²) < 4.78 is 12.4. The van der Waals surface area contributed by atoms with E-state index in [-0.39, 0.29) is 5.41 Å². The Morgan fingerprint density at radius 3 is 1.82 bits per heavy atom. The highest BCUT2D eigenvalue weighted by Crippen LogP contribution is 2.48. The zero-order chi connectivity index (χ0) is 19.7. The van der Waals surface area contributed by atoms with Crippen LogP contribution in [0.5, 0.6) is 0 Å². The van der Waals surface area contributed by atoms with E-state index >= 15 is 0 Å². The number of allylic oxidation sites excluding steroid dienone is 2. The Morgan fingerprint density at radius 1 is 0.821 bits per heavy atom. The average Bonchev–Trinajstić information content (AvgIpc) is 3.08. The number of ether oxygens (including phenoxy) is 2. The molecule has 148 valence electrons. The van der Waals surface area contributed by atoms with Gasteiger partial charge in [-0.15, -0.1) is 13.2 Å². The van der Waals surface area contributed by atoms with Crippen LogP contribution >= 0.6 is 0 Å². The van der Waals surface area contributed by atoms with Gasteiger partial charge in [0.2, 0.25) is 0 Å². The van der Waals surface area contributed by atoms with Crippen LogP contribution < -0.4 is 0 Å². The van der Waals surface area contributed by atoms with Gasteiger partial charge in [0.05, 0.1) is 26.4 Å². The van der Waals surface area contributed by atoms with E-state index in [1.165, 1.54) is 11.1 Å². The summed E-state index contributed by atoms with van der Waals surface area (Å²) in [6, 6.07) is 20.7. The first kappa shape index (κ1) is 20.6. The maximum atomic E-state index is 6.19. The molecule has 0 bridgehead atoms. The summed E-state index contributed by atoms with van der Waals surface area (Å²) >= 11 is 0. The van der Waals surface area contributed by atoms with E-state index in [9.17, 15) is 0 Å². The smallest absolute Gasteiger partial charge is 0.0717 e. The van der Waals surface area contributed by atoms with E-state index in [1.807, 2.05) is 18.2 Å². The Bertz CT molecular complexity index is 677. The lowest BCUT2D eigenvalue weighted by molar-refractivity contribution is -0.0324. The highest BCUT2D eigenvalue weighted by Gasteiger charge is 2.44. The van der Waals surface area contributed by atoms with Crippen molar-refractivity contribution in [3.05, 3.63) is 97.1 Å². The van der Waals surface area contributed by atoms with Crippen LogP contribution in [-0.2, 0) is 22.7 Å². The molecule has 1 saturated carbocycles. The second-order valence-electron chi connectivity index (χ2n) is 8.05. The Labute approximate surface area is 169 Å². The molecule has 28 heavy (non-hydrogen) atoms. The van der Waals surface area contributed by atoms with Crippen LogP contribution in [0.3, 0.4) is 0 Å². The van der Waals surface area contributed by atoms with Crippen LogP contribution in [0.1, 0.15) is 30.4 Å². The zero-order valence-electron chi connectivity index (χ0n) is 16.8. The normalized spacial score (nSPS) is 20.7. The standard InChI is InChI=1S/C26H32O2/c1-3-11-25-17-26(16-24(25)4-2,20-27-18-22-12-7-5-8-13-22)21-28-19-23-14-9-6-10-15-23/h3-10,12-15,24-25H,1-2,11,16-21H2/t24-,25-/m0/s1. The van der Waals surface area contributed by atoms with E-state index in [0.717, 1.165) is 19.3 Å². The van der Waals surface area contributed by atoms with Gasteiger partial charge in [0.15, 0.2) is 0 Å². The SMILES string of the molecule is C=CC[C@H]1CC(COCc2ccccc2)(COCc2ccccc2)C[C@@H]1C=C. The molecule has 2 aromatic carbocycles. The summed E-state index contributed by atoms with van der Waals surface area (Å²) in [5, 5.41) is 0. The third-order valence-electron chi connectivity index (χ3n) is 5.78. The van der Waals surface area contributed by atoms with Gasteiger partial charge in [-0.25, -0.2) is 0 Å². The summed E-state index contributed by atoms with van der Waals surface area (Å²) in [6.07, 6.45) is 7.34. The van der Waals surface area contributed by atoms with Gasteiger partial charge >= 0.3 is 0 Å². The van der Waals surface area contributed by atoms with Crippen LogP contribution in [0.4, 0.5) is 0 Å². The average molecular weight is 377 g/mol. The molecule has 0 saturated heterocycles. The molecule has 0 N–H and O–H groups in total. The van der Waals surface area contributed by atoms with Gasteiger partial charge in [0.25, 0.3) is 0 Å².